The number of para-hydroxylation sites is 1. The average molecular weight is 436 g/mol. The molecule has 7 heteroatoms. The van der Waals surface area contributed by atoms with E-state index < -0.39 is 0 Å². The van der Waals surface area contributed by atoms with E-state index in [-0.39, 0.29) is 24.3 Å². The highest BCUT2D eigenvalue weighted by Crippen LogP contribution is 2.17. The first-order valence-electron chi connectivity index (χ1n) is 10.5. The van der Waals surface area contributed by atoms with Crippen LogP contribution >= 0.6 is 12.4 Å². The Morgan fingerprint density at radius 1 is 1.00 bits per heavy atom. The molecule has 0 saturated carbocycles. The first-order chi connectivity index (χ1) is 14.2. The number of nitrogens with zero attached hydrogens (tertiary/aromatic N) is 1. The lowest BCUT2D eigenvalue weighted by molar-refractivity contribution is 0.204. The zero-order valence-corrected chi connectivity index (χ0v) is 18.1. The fraction of sp³-hybridized carbons (Fsp3) is 0.435. The number of halogens is 2. The minimum atomic E-state index is -0.305. The van der Waals surface area contributed by atoms with Crippen LogP contribution in [0.4, 0.5) is 14.9 Å². The molecule has 3 rings (SSSR count). The summed E-state index contributed by atoms with van der Waals surface area (Å²) in [4.78, 5) is 14.0. The van der Waals surface area contributed by atoms with Gasteiger partial charge in [0.25, 0.3) is 0 Å². The molecule has 1 heterocycles. The van der Waals surface area contributed by atoms with Crippen LogP contribution in [0.25, 0.3) is 0 Å². The molecule has 2 aromatic rings. The zero-order valence-electron chi connectivity index (χ0n) is 17.2. The number of aryl methyl sites for hydroxylation is 1. The molecule has 0 radical (unpaired) electrons. The van der Waals surface area contributed by atoms with Crippen LogP contribution in [0.15, 0.2) is 48.5 Å². The van der Waals surface area contributed by atoms with Crippen molar-refractivity contribution >= 4 is 24.1 Å². The van der Waals surface area contributed by atoms with Crippen molar-refractivity contribution in [3.63, 3.8) is 0 Å². The number of anilines is 1. The summed E-state index contributed by atoms with van der Waals surface area (Å²) < 4.78 is 18.9. The number of hydrogen-bond acceptors (Lipinski definition) is 3. The van der Waals surface area contributed by atoms with Gasteiger partial charge in [0.05, 0.1) is 6.61 Å². The number of amides is 2. The van der Waals surface area contributed by atoms with E-state index in [2.05, 4.69) is 22.8 Å². The van der Waals surface area contributed by atoms with Gasteiger partial charge in [0.1, 0.15) is 0 Å². The molecule has 1 fully saturated rings. The van der Waals surface area contributed by atoms with Crippen molar-refractivity contribution in [2.45, 2.75) is 32.1 Å². The number of carbonyl (C=O) groups excluding carboxylic acids is 1. The molecule has 0 aliphatic carbocycles. The Morgan fingerprint density at radius 3 is 2.43 bits per heavy atom. The van der Waals surface area contributed by atoms with Crippen molar-refractivity contribution in [3.8, 4) is 5.75 Å². The topological polar surface area (TPSA) is 53.6 Å². The standard InChI is InChI=1S/C23H30FN3O2.ClH/c24-21-8-4-5-9-22(21)29-18-6-2-1-3-7-19-10-12-20(13-11-19)26-23(28)27-16-14-25-15-17-27;/h4-5,8-13,25H,1-3,6-7,14-18H2,(H,26,28);1H. The second kappa shape index (κ2) is 13.1. The summed E-state index contributed by atoms with van der Waals surface area (Å²) in [5, 5.41) is 6.21. The first-order valence-corrected chi connectivity index (χ1v) is 10.5. The maximum Gasteiger partial charge on any atom is 0.321 e. The monoisotopic (exact) mass is 435 g/mol. The number of rotatable bonds is 9. The highest BCUT2D eigenvalue weighted by atomic mass is 35.5. The number of nitrogens with one attached hydrogen (secondary N) is 2. The molecule has 0 unspecified atom stereocenters. The predicted octanol–water partition coefficient (Wildman–Crippen LogP) is 4.87. The molecule has 1 saturated heterocycles. The van der Waals surface area contributed by atoms with Gasteiger partial charge in [0.15, 0.2) is 11.6 Å². The molecule has 30 heavy (non-hydrogen) atoms. The van der Waals surface area contributed by atoms with Gasteiger partial charge in [-0.2, -0.15) is 0 Å². The number of carbonyl (C=O) groups is 1. The summed E-state index contributed by atoms with van der Waals surface area (Å²) in [6, 6.07) is 14.6. The molecule has 0 atom stereocenters. The molecule has 0 spiro atoms. The van der Waals surface area contributed by atoms with Gasteiger partial charge in [-0.15, -0.1) is 12.4 Å². The third-order valence-corrected chi connectivity index (χ3v) is 5.06. The largest absolute Gasteiger partial charge is 0.491 e. The Labute approximate surface area is 184 Å². The molecule has 5 nitrogen and oxygen atoms in total. The van der Waals surface area contributed by atoms with Crippen LogP contribution in [0.3, 0.4) is 0 Å². The van der Waals surface area contributed by atoms with Crippen LogP contribution in [0.5, 0.6) is 5.75 Å². The number of benzene rings is 2. The van der Waals surface area contributed by atoms with E-state index in [4.69, 9.17) is 4.74 Å². The predicted molar refractivity (Wildman–Crippen MR) is 121 cm³/mol. The molecule has 0 aromatic heterocycles. The number of hydrogen-bond donors (Lipinski definition) is 2. The fourth-order valence-corrected chi connectivity index (χ4v) is 3.35. The minimum Gasteiger partial charge on any atom is -0.491 e. The minimum absolute atomic E-state index is 0. The SMILES string of the molecule is Cl.O=C(Nc1ccc(CCCCCCOc2ccccc2F)cc1)N1CCNCC1. The summed E-state index contributed by atoms with van der Waals surface area (Å²) >= 11 is 0. The van der Waals surface area contributed by atoms with Gasteiger partial charge >= 0.3 is 6.03 Å². The first kappa shape index (κ1) is 24.0. The number of ether oxygens (including phenoxy) is 1. The van der Waals surface area contributed by atoms with Crippen LogP contribution in [-0.2, 0) is 6.42 Å². The summed E-state index contributed by atoms with van der Waals surface area (Å²) in [7, 11) is 0. The Balaban J connectivity index is 0.00000320. The van der Waals surface area contributed by atoms with Crippen molar-refractivity contribution < 1.29 is 13.9 Å². The van der Waals surface area contributed by atoms with E-state index in [0.29, 0.717) is 12.4 Å². The summed E-state index contributed by atoms with van der Waals surface area (Å²) in [5.74, 6) is 0.0247. The lowest BCUT2D eigenvalue weighted by Gasteiger charge is -2.27. The van der Waals surface area contributed by atoms with Gasteiger partial charge in [-0.05, 0) is 49.1 Å². The van der Waals surface area contributed by atoms with E-state index >= 15 is 0 Å². The maximum absolute atomic E-state index is 13.4. The van der Waals surface area contributed by atoms with Gasteiger partial charge in [-0.1, -0.05) is 37.1 Å². The van der Waals surface area contributed by atoms with Crippen molar-refractivity contribution in [1.82, 2.24) is 10.2 Å². The second-order valence-corrected chi connectivity index (χ2v) is 7.31. The van der Waals surface area contributed by atoms with Crippen molar-refractivity contribution in [3.05, 3.63) is 59.9 Å². The van der Waals surface area contributed by atoms with Gasteiger partial charge in [-0.3, -0.25) is 0 Å². The highest BCUT2D eigenvalue weighted by Gasteiger charge is 2.15. The van der Waals surface area contributed by atoms with Crippen molar-refractivity contribution in [2.75, 3.05) is 38.1 Å². The number of urea groups is 1. The smallest absolute Gasteiger partial charge is 0.321 e. The molecule has 1 aliphatic heterocycles. The Hall–Kier alpha value is -2.31. The molecule has 0 bridgehead atoms. The van der Waals surface area contributed by atoms with E-state index in [1.807, 2.05) is 17.0 Å². The molecule has 164 valence electrons. The maximum atomic E-state index is 13.4. The van der Waals surface area contributed by atoms with Gasteiger partial charge in [-0.25, -0.2) is 9.18 Å². The van der Waals surface area contributed by atoms with Crippen LogP contribution in [-0.4, -0.2) is 43.7 Å². The number of piperazine rings is 1. The quantitative estimate of drug-likeness (QED) is 0.552. The highest BCUT2D eigenvalue weighted by molar-refractivity contribution is 5.89. The van der Waals surface area contributed by atoms with Crippen molar-refractivity contribution in [2.24, 2.45) is 0 Å². The second-order valence-electron chi connectivity index (χ2n) is 7.31. The van der Waals surface area contributed by atoms with Crippen LogP contribution < -0.4 is 15.4 Å². The Bertz CT molecular complexity index is 767. The average Bonchev–Trinajstić information content (AvgIpc) is 2.76. The van der Waals surface area contributed by atoms with Gasteiger partial charge < -0.3 is 20.3 Å². The molecular formula is C23H31ClFN3O2. The third-order valence-electron chi connectivity index (χ3n) is 5.06. The zero-order chi connectivity index (χ0) is 20.3. The molecule has 2 amide bonds. The normalized spacial score (nSPS) is 13.4. The van der Waals surface area contributed by atoms with Crippen LogP contribution in [0.2, 0.25) is 0 Å². The molecule has 2 N–H and O–H groups in total. The third kappa shape index (κ3) is 7.84. The van der Waals surface area contributed by atoms with Crippen LogP contribution in [0, 0.1) is 5.82 Å². The fourth-order valence-electron chi connectivity index (χ4n) is 3.35. The van der Waals surface area contributed by atoms with E-state index in [9.17, 15) is 9.18 Å². The number of unbranched alkanes of at least 4 members (excludes halogenated alkanes) is 3. The molecule has 1 aliphatic rings. The summed E-state index contributed by atoms with van der Waals surface area (Å²) in [6.45, 7) is 3.73. The van der Waals surface area contributed by atoms with E-state index in [0.717, 1.165) is 64.0 Å². The summed E-state index contributed by atoms with van der Waals surface area (Å²) in [5.41, 5.74) is 2.11. The lowest BCUT2D eigenvalue weighted by atomic mass is 10.1. The summed E-state index contributed by atoms with van der Waals surface area (Å²) in [6.07, 6.45) is 5.22. The van der Waals surface area contributed by atoms with Crippen molar-refractivity contribution in [1.29, 1.82) is 0 Å². The van der Waals surface area contributed by atoms with Gasteiger partial charge in [0.2, 0.25) is 0 Å². The lowest BCUT2D eigenvalue weighted by Crippen LogP contribution is -2.48. The Kier molecular flexibility index (Phi) is 10.5. The molecular weight excluding hydrogens is 405 g/mol. The van der Waals surface area contributed by atoms with Gasteiger partial charge in [0, 0.05) is 31.9 Å². The van der Waals surface area contributed by atoms with E-state index in [1.54, 1.807) is 18.2 Å². The van der Waals surface area contributed by atoms with E-state index in [1.165, 1.54) is 11.6 Å². The Morgan fingerprint density at radius 2 is 1.70 bits per heavy atom. The van der Waals surface area contributed by atoms with Crippen LogP contribution in [0.1, 0.15) is 31.2 Å². The molecule has 2 aromatic carbocycles.